The molecule has 1 aromatic carbocycles. The Hall–Kier alpha value is -1.69. The van der Waals surface area contributed by atoms with Crippen molar-refractivity contribution < 1.29 is 4.39 Å². The second-order valence-electron chi connectivity index (χ2n) is 3.72. The molecule has 6 heteroatoms. The zero-order valence-electron chi connectivity index (χ0n) is 10.4. The van der Waals surface area contributed by atoms with Crippen LogP contribution in [0.3, 0.4) is 0 Å². The van der Waals surface area contributed by atoms with Gasteiger partial charge in [-0.3, -0.25) is 0 Å². The fraction of sp³-hybridized carbons (Fsp3) is 0.333. The molecule has 0 atom stereocenters. The molecule has 0 amide bonds. The number of benzene rings is 1. The lowest BCUT2D eigenvalue weighted by atomic mass is 10.2. The van der Waals surface area contributed by atoms with Crippen molar-refractivity contribution in [2.45, 2.75) is 13.5 Å². The molecular formula is C12H15FN4S. The summed E-state index contributed by atoms with van der Waals surface area (Å²) in [5, 5.41) is 12.6. The summed E-state index contributed by atoms with van der Waals surface area (Å²) in [6, 6.07) is 6.77. The number of para-hydroxylation sites is 1. The number of aromatic nitrogens is 2. The molecular weight excluding hydrogens is 251 g/mol. The SMILES string of the molecule is CCN(Cc1nnc(NC)s1)c1ccccc1F. The second kappa shape index (κ2) is 5.77. The van der Waals surface area contributed by atoms with E-state index in [2.05, 4.69) is 15.5 Å². The molecule has 0 unspecified atom stereocenters. The van der Waals surface area contributed by atoms with Crippen molar-refractivity contribution in [3.63, 3.8) is 0 Å². The van der Waals surface area contributed by atoms with E-state index in [9.17, 15) is 4.39 Å². The minimum absolute atomic E-state index is 0.210. The summed E-state index contributed by atoms with van der Waals surface area (Å²) >= 11 is 1.48. The Balaban J connectivity index is 2.17. The predicted octanol–water partition coefficient (Wildman–Crippen LogP) is 2.75. The molecule has 0 aliphatic rings. The van der Waals surface area contributed by atoms with Gasteiger partial charge < -0.3 is 10.2 Å². The Morgan fingerprint density at radius 3 is 2.72 bits per heavy atom. The number of anilines is 2. The smallest absolute Gasteiger partial charge is 0.205 e. The van der Waals surface area contributed by atoms with Crippen LogP contribution < -0.4 is 10.2 Å². The highest BCUT2D eigenvalue weighted by Gasteiger charge is 2.12. The normalized spacial score (nSPS) is 10.4. The lowest BCUT2D eigenvalue weighted by Crippen LogP contribution is -2.22. The van der Waals surface area contributed by atoms with E-state index in [-0.39, 0.29) is 5.82 Å². The maximum atomic E-state index is 13.7. The van der Waals surface area contributed by atoms with E-state index < -0.39 is 0 Å². The first-order valence-corrected chi connectivity index (χ1v) is 6.56. The molecule has 0 radical (unpaired) electrons. The van der Waals surface area contributed by atoms with Crippen molar-refractivity contribution in [2.24, 2.45) is 0 Å². The van der Waals surface area contributed by atoms with E-state index in [1.54, 1.807) is 19.2 Å². The molecule has 2 rings (SSSR count). The van der Waals surface area contributed by atoms with Crippen molar-refractivity contribution in [1.29, 1.82) is 0 Å². The van der Waals surface area contributed by atoms with Gasteiger partial charge in [0.1, 0.15) is 10.8 Å². The minimum atomic E-state index is -0.210. The predicted molar refractivity (Wildman–Crippen MR) is 72.6 cm³/mol. The van der Waals surface area contributed by atoms with Crippen LogP contribution in [0.1, 0.15) is 11.9 Å². The van der Waals surface area contributed by atoms with E-state index in [0.29, 0.717) is 12.2 Å². The maximum Gasteiger partial charge on any atom is 0.205 e. The van der Waals surface area contributed by atoms with Crippen LogP contribution in [0.5, 0.6) is 0 Å². The largest absolute Gasteiger partial charge is 0.363 e. The monoisotopic (exact) mass is 266 g/mol. The summed E-state index contributed by atoms with van der Waals surface area (Å²) < 4.78 is 13.7. The Morgan fingerprint density at radius 2 is 2.11 bits per heavy atom. The molecule has 0 saturated carbocycles. The number of hydrogen-bond donors (Lipinski definition) is 1. The van der Waals surface area contributed by atoms with Crippen molar-refractivity contribution in [1.82, 2.24) is 10.2 Å². The summed E-state index contributed by atoms with van der Waals surface area (Å²) in [7, 11) is 1.80. The van der Waals surface area contributed by atoms with Crippen LogP contribution in [-0.2, 0) is 6.54 Å². The van der Waals surface area contributed by atoms with E-state index in [4.69, 9.17) is 0 Å². The molecule has 0 bridgehead atoms. The first kappa shape index (κ1) is 12.8. The van der Waals surface area contributed by atoms with Gasteiger partial charge >= 0.3 is 0 Å². The summed E-state index contributed by atoms with van der Waals surface area (Å²) in [6.07, 6.45) is 0. The average molecular weight is 266 g/mol. The van der Waals surface area contributed by atoms with E-state index in [0.717, 1.165) is 16.7 Å². The van der Waals surface area contributed by atoms with Gasteiger partial charge in [0, 0.05) is 13.6 Å². The van der Waals surface area contributed by atoms with Crippen molar-refractivity contribution in [2.75, 3.05) is 23.8 Å². The summed E-state index contributed by atoms with van der Waals surface area (Å²) in [5.41, 5.74) is 0.598. The number of nitrogens with zero attached hydrogens (tertiary/aromatic N) is 3. The quantitative estimate of drug-likeness (QED) is 0.903. The third-order valence-corrected chi connectivity index (χ3v) is 3.51. The highest BCUT2D eigenvalue weighted by molar-refractivity contribution is 7.15. The second-order valence-corrected chi connectivity index (χ2v) is 4.78. The standard InChI is InChI=1S/C12H15FN4S/c1-3-17(10-7-5-4-6-9(10)13)8-11-15-16-12(14-2)18-11/h4-7H,3,8H2,1-2H3,(H,14,16). The summed E-state index contributed by atoms with van der Waals surface area (Å²) in [4.78, 5) is 1.94. The van der Waals surface area contributed by atoms with Crippen LogP contribution in [0.4, 0.5) is 15.2 Å². The Labute approximate surface area is 109 Å². The molecule has 1 aromatic heterocycles. The third kappa shape index (κ3) is 2.76. The van der Waals surface area contributed by atoms with Crippen LogP contribution in [0.15, 0.2) is 24.3 Å². The van der Waals surface area contributed by atoms with E-state index >= 15 is 0 Å². The lowest BCUT2D eigenvalue weighted by molar-refractivity contribution is 0.617. The van der Waals surface area contributed by atoms with E-state index in [1.807, 2.05) is 17.9 Å². The molecule has 96 valence electrons. The molecule has 1 N–H and O–H groups in total. The number of halogens is 1. The Kier molecular flexibility index (Phi) is 4.09. The summed E-state index contributed by atoms with van der Waals surface area (Å²) in [5.74, 6) is -0.210. The number of hydrogen-bond acceptors (Lipinski definition) is 5. The lowest BCUT2D eigenvalue weighted by Gasteiger charge is -2.21. The van der Waals surface area contributed by atoms with Crippen LogP contribution >= 0.6 is 11.3 Å². The molecule has 18 heavy (non-hydrogen) atoms. The molecule has 0 aliphatic heterocycles. The van der Waals surface area contributed by atoms with Gasteiger partial charge in [-0.25, -0.2) is 4.39 Å². The fourth-order valence-corrected chi connectivity index (χ4v) is 2.37. The molecule has 2 aromatic rings. The van der Waals surface area contributed by atoms with Gasteiger partial charge in [-0.2, -0.15) is 0 Å². The van der Waals surface area contributed by atoms with Crippen LogP contribution in [0, 0.1) is 5.82 Å². The van der Waals surface area contributed by atoms with Crippen molar-refractivity contribution in [3.05, 3.63) is 35.1 Å². The van der Waals surface area contributed by atoms with Crippen LogP contribution in [0.2, 0.25) is 0 Å². The molecule has 0 fully saturated rings. The van der Waals surface area contributed by atoms with Crippen LogP contribution in [-0.4, -0.2) is 23.8 Å². The van der Waals surface area contributed by atoms with E-state index in [1.165, 1.54) is 17.4 Å². The van der Waals surface area contributed by atoms with Gasteiger partial charge in [0.2, 0.25) is 5.13 Å². The van der Waals surface area contributed by atoms with Gasteiger partial charge in [0.05, 0.1) is 12.2 Å². The molecule has 0 spiro atoms. The minimum Gasteiger partial charge on any atom is -0.363 e. The van der Waals surface area contributed by atoms with Crippen LogP contribution in [0.25, 0.3) is 0 Å². The first-order valence-electron chi connectivity index (χ1n) is 5.74. The van der Waals surface area contributed by atoms with Gasteiger partial charge in [-0.1, -0.05) is 23.5 Å². The highest BCUT2D eigenvalue weighted by Crippen LogP contribution is 2.22. The van der Waals surface area contributed by atoms with Gasteiger partial charge in [0.25, 0.3) is 0 Å². The molecule has 0 saturated heterocycles. The van der Waals surface area contributed by atoms with Crippen molar-refractivity contribution >= 4 is 22.2 Å². The molecule has 4 nitrogen and oxygen atoms in total. The number of nitrogens with one attached hydrogen (secondary N) is 1. The van der Waals surface area contributed by atoms with Crippen molar-refractivity contribution in [3.8, 4) is 0 Å². The maximum absolute atomic E-state index is 13.7. The third-order valence-electron chi connectivity index (χ3n) is 2.58. The fourth-order valence-electron chi connectivity index (χ4n) is 1.66. The van der Waals surface area contributed by atoms with Gasteiger partial charge in [-0.05, 0) is 19.1 Å². The number of rotatable bonds is 5. The zero-order chi connectivity index (χ0) is 13.0. The topological polar surface area (TPSA) is 41.1 Å². The Morgan fingerprint density at radius 1 is 1.33 bits per heavy atom. The average Bonchev–Trinajstić information content (AvgIpc) is 2.85. The Bertz CT molecular complexity index is 514. The zero-order valence-corrected chi connectivity index (χ0v) is 11.2. The van der Waals surface area contributed by atoms with Gasteiger partial charge in [0.15, 0.2) is 0 Å². The first-order chi connectivity index (χ1) is 8.74. The van der Waals surface area contributed by atoms with Gasteiger partial charge in [-0.15, -0.1) is 10.2 Å². The highest BCUT2D eigenvalue weighted by atomic mass is 32.1. The summed E-state index contributed by atoms with van der Waals surface area (Å²) in [6.45, 7) is 3.28. The molecule has 0 aliphatic carbocycles. The molecule has 1 heterocycles.